The monoisotopic (exact) mass is 430 g/mol. The summed E-state index contributed by atoms with van der Waals surface area (Å²) in [7, 11) is 0. The number of aromatic nitrogens is 2. The molecule has 0 saturated heterocycles. The molecule has 0 fully saturated rings. The molecule has 2 aromatic heterocycles. The molecule has 4 rings (SSSR count). The van der Waals surface area contributed by atoms with Crippen molar-refractivity contribution in [3.05, 3.63) is 83.2 Å². The molecular weight excluding hydrogens is 396 g/mol. The van der Waals surface area contributed by atoms with Crippen molar-refractivity contribution in [3.8, 4) is 22.6 Å². The lowest BCUT2D eigenvalue weighted by atomic mass is 9.84. The number of benzene rings is 2. The first kappa shape index (κ1) is 23.5. The van der Waals surface area contributed by atoms with Gasteiger partial charge in [0, 0.05) is 22.3 Å². The van der Waals surface area contributed by atoms with Crippen LogP contribution in [0.25, 0.3) is 22.6 Å². The summed E-state index contributed by atoms with van der Waals surface area (Å²) in [6.07, 6.45) is 0. The van der Waals surface area contributed by atoms with Gasteiger partial charge in [0.05, 0.1) is 5.69 Å². The molecule has 0 radical (unpaired) electrons. The lowest BCUT2D eigenvalue weighted by Gasteiger charge is -2.18. The predicted molar refractivity (Wildman–Crippen MR) is 131 cm³/mol. The molecule has 2 aromatic carbocycles. The van der Waals surface area contributed by atoms with E-state index in [0.717, 1.165) is 34.0 Å². The number of hydrogen-bond donors (Lipinski definition) is 0. The van der Waals surface area contributed by atoms with E-state index in [9.17, 15) is 0 Å². The van der Waals surface area contributed by atoms with Crippen LogP contribution in [0.2, 0.25) is 0 Å². The van der Waals surface area contributed by atoms with E-state index in [4.69, 9.17) is 9.05 Å². The first-order valence-corrected chi connectivity index (χ1v) is 11.0. The smallest absolute Gasteiger partial charge is 0.170 e. The SMILES string of the molecule is Cc1noc(-c2ccccc2)c1C(C)(C)C.Cc1onc(-c2ccccc2)c1C(C)(C)C. The fourth-order valence-electron chi connectivity index (χ4n) is 4.09. The number of rotatable bonds is 2. The minimum atomic E-state index is 0.0509. The van der Waals surface area contributed by atoms with Gasteiger partial charge in [-0.05, 0) is 24.7 Å². The molecule has 0 bridgehead atoms. The second kappa shape index (κ2) is 9.15. The molecular formula is C28H34N2O2. The van der Waals surface area contributed by atoms with Crippen LogP contribution in [0.15, 0.2) is 69.7 Å². The molecule has 0 amide bonds. The van der Waals surface area contributed by atoms with Crippen molar-refractivity contribution in [2.45, 2.75) is 66.2 Å². The Balaban J connectivity index is 0.000000181. The number of aryl methyl sites for hydroxylation is 2. The van der Waals surface area contributed by atoms with Crippen molar-refractivity contribution in [2.75, 3.05) is 0 Å². The van der Waals surface area contributed by atoms with Crippen LogP contribution >= 0.6 is 0 Å². The first-order valence-electron chi connectivity index (χ1n) is 11.0. The van der Waals surface area contributed by atoms with Crippen molar-refractivity contribution in [1.29, 1.82) is 0 Å². The van der Waals surface area contributed by atoms with Gasteiger partial charge in [0.15, 0.2) is 5.76 Å². The molecule has 4 aromatic rings. The predicted octanol–water partition coefficient (Wildman–Crippen LogP) is 7.90. The third kappa shape index (κ3) is 5.18. The molecule has 4 nitrogen and oxygen atoms in total. The second-order valence-electron chi connectivity index (χ2n) is 10.2. The van der Waals surface area contributed by atoms with Gasteiger partial charge in [-0.2, -0.15) is 0 Å². The lowest BCUT2D eigenvalue weighted by Crippen LogP contribution is -2.12. The molecule has 0 saturated carbocycles. The van der Waals surface area contributed by atoms with Gasteiger partial charge >= 0.3 is 0 Å². The zero-order valence-corrected chi connectivity index (χ0v) is 20.5. The molecule has 0 aliphatic carbocycles. The average molecular weight is 431 g/mol. The fourth-order valence-corrected chi connectivity index (χ4v) is 4.09. The van der Waals surface area contributed by atoms with E-state index in [1.165, 1.54) is 11.1 Å². The number of hydrogen-bond acceptors (Lipinski definition) is 4. The Kier molecular flexibility index (Phi) is 6.73. The molecule has 0 spiro atoms. The molecule has 0 atom stereocenters. The number of nitrogens with zero attached hydrogens (tertiary/aromatic N) is 2. The minimum absolute atomic E-state index is 0.0509. The molecule has 0 N–H and O–H groups in total. The Morgan fingerprint density at radius 1 is 0.594 bits per heavy atom. The van der Waals surface area contributed by atoms with Crippen molar-refractivity contribution < 1.29 is 9.05 Å². The second-order valence-corrected chi connectivity index (χ2v) is 10.2. The molecule has 4 heteroatoms. The van der Waals surface area contributed by atoms with Crippen LogP contribution in [0.1, 0.15) is 64.1 Å². The Hall–Kier alpha value is -3.14. The van der Waals surface area contributed by atoms with Crippen LogP contribution in [0.5, 0.6) is 0 Å². The van der Waals surface area contributed by atoms with Crippen LogP contribution in [-0.4, -0.2) is 10.3 Å². The molecule has 0 unspecified atom stereocenters. The summed E-state index contributed by atoms with van der Waals surface area (Å²) in [6.45, 7) is 17.0. The Bertz CT molecular complexity index is 1050. The Morgan fingerprint density at radius 2 is 1.09 bits per heavy atom. The largest absolute Gasteiger partial charge is 0.361 e. The van der Waals surface area contributed by atoms with Gasteiger partial charge in [-0.25, -0.2) is 0 Å². The topological polar surface area (TPSA) is 52.1 Å². The summed E-state index contributed by atoms with van der Waals surface area (Å²) < 4.78 is 10.8. The van der Waals surface area contributed by atoms with Gasteiger partial charge in [0.2, 0.25) is 0 Å². The lowest BCUT2D eigenvalue weighted by molar-refractivity contribution is 0.394. The van der Waals surface area contributed by atoms with Gasteiger partial charge < -0.3 is 9.05 Å². The molecule has 0 aliphatic rings. The van der Waals surface area contributed by atoms with Crippen molar-refractivity contribution in [2.24, 2.45) is 0 Å². The summed E-state index contributed by atoms with van der Waals surface area (Å²) in [4.78, 5) is 0. The zero-order chi connectivity index (χ0) is 23.5. The summed E-state index contributed by atoms with van der Waals surface area (Å²) in [6, 6.07) is 20.3. The zero-order valence-electron chi connectivity index (χ0n) is 20.5. The molecule has 32 heavy (non-hydrogen) atoms. The highest BCUT2D eigenvalue weighted by molar-refractivity contribution is 5.65. The third-order valence-corrected chi connectivity index (χ3v) is 5.31. The van der Waals surface area contributed by atoms with Gasteiger partial charge in [-0.1, -0.05) is 113 Å². The highest BCUT2D eigenvalue weighted by atomic mass is 16.5. The molecule has 168 valence electrons. The molecule has 2 heterocycles. The maximum absolute atomic E-state index is 5.46. The fraction of sp³-hybridized carbons (Fsp3) is 0.357. The van der Waals surface area contributed by atoms with Crippen LogP contribution in [0.4, 0.5) is 0 Å². The van der Waals surface area contributed by atoms with E-state index in [1.807, 2.05) is 50.2 Å². The van der Waals surface area contributed by atoms with Crippen LogP contribution < -0.4 is 0 Å². The van der Waals surface area contributed by atoms with E-state index in [2.05, 4.69) is 76.1 Å². The van der Waals surface area contributed by atoms with E-state index in [0.29, 0.717) is 0 Å². The van der Waals surface area contributed by atoms with E-state index < -0.39 is 0 Å². The quantitative estimate of drug-likeness (QED) is 0.324. The van der Waals surface area contributed by atoms with Gasteiger partial charge in [-0.3, -0.25) is 0 Å². The van der Waals surface area contributed by atoms with Gasteiger partial charge in [-0.15, -0.1) is 0 Å². The summed E-state index contributed by atoms with van der Waals surface area (Å²) >= 11 is 0. The summed E-state index contributed by atoms with van der Waals surface area (Å²) in [5, 5.41) is 8.26. The van der Waals surface area contributed by atoms with Gasteiger partial charge in [0.1, 0.15) is 11.5 Å². The summed E-state index contributed by atoms with van der Waals surface area (Å²) in [5.74, 6) is 1.80. The van der Waals surface area contributed by atoms with Crippen molar-refractivity contribution in [3.63, 3.8) is 0 Å². The Morgan fingerprint density at radius 3 is 1.59 bits per heavy atom. The van der Waals surface area contributed by atoms with Crippen LogP contribution in [0.3, 0.4) is 0 Å². The van der Waals surface area contributed by atoms with Crippen LogP contribution in [0, 0.1) is 13.8 Å². The average Bonchev–Trinajstić information content (AvgIpc) is 3.32. The molecule has 0 aliphatic heterocycles. The van der Waals surface area contributed by atoms with Crippen LogP contribution in [-0.2, 0) is 10.8 Å². The third-order valence-electron chi connectivity index (χ3n) is 5.31. The highest BCUT2D eigenvalue weighted by Crippen LogP contribution is 2.36. The van der Waals surface area contributed by atoms with E-state index in [1.54, 1.807) is 0 Å². The van der Waals surface area contributed by atoms with E-state index >= 15 is 0 Å². The summed E-state index contributed by atoms with van der Waals surface area (Å²) in [5.41, 5.74) is 6.64. The maximum atomic E-state index is 5.46. The highest BCUT2D eigenvalue weighted by Gasteiger charge is 2.26. The minimum Gasteiger partial charge on any atom is -0.361 e. The van der Waals surface area contributed by atoms with Gasteiger partial charge in [0.25, 0.3) is 0 Å². The normalized spacial score (nSPS) is 11.8. The van der Waals surface area contributed by atoms with Crippen molar-refractivity contribution in [1.82, 2.24) is 10.3 Å². The standard InChI is InChI=1S/2C14H17NO/c1-10-12(14(2,3)4)13(15-16-10)11-8-6-5-7-9-11;1-10-12(14(2,3)4)13(16-15-10)11-8-6-5-7-9-11/h2*5-9H,1-4H3. The first-order chi connectivity index (χ1) is 15.0. The maximum Gasteiger partial charge on any atom is 0.170 e. The van der Waals surface area contributed by atoms with E-state index in [-0.39, 0.29) is 10.8 Å². The van der Waals surface area contributed by atoms with Crippen molar-refractivity contribution >= 4 is 0 Å². The Labute approximate surface area is 191 Å².